The van der Waals surface area contributed by atoms with Crippen molar-refractivity contribution in [2.45, 2.75) is 66.1 Å². The first-order valence-electron chi connectivity index (χ1n) is 9.28. The van der Waals surface area contributed by atoms with Crippen molar-refractivity contribution in [3.63, 3.8) is 0 Å². The van der Waals surface area contributed by atoms with Crippen LogP contribution in [0.2, 0.25) is 0 Å². The molecule has 0 saturated heterocycles. The summed E-state index contributed by atoms with van der Waals surface area (Å²) in [4.78, 5) is 16.6. The summed E-state index contributed by atoms with van der Waals surface area (Å²) in [6.07, 6.45) is 1.34. The van der Waals surface area contributed by atoms with Crippen LogP contribution in [-0.2, 0) is 17.8 Å². The second-order valence-electron chi connectivity index (χ2n) is 6.62. The van der Waals surface area contributed by atoms with Gasteiger partial charge >= 0.3 is 0 Å². The molecule has 152 valence electrons. The van der Waals surface area contributed by atoms with Crippen LogP contribution in [0.1, 0.15) is 52.2 Å². The van der Waals surface area contributed by atoms with Gasteiger partial charge in [-0.25, -0.2) is 0 Å². The SMILES string of the molecule is CCC(=O)N(C(C)C)C(CN)Cc1ccc(CN(CC)CC)cc1.Cl.Cl. The number of carbonyl (C=O) groups is 1. The molecule has 0 aromatic heterocycles. The molecule has 1 unspecified atom stereocenters. The van der Waals surface area contributed by atoms with Crippen molar-refractivity contribution in [2.75, 3.05) is 19.6 Å². The molecule has 0 saturated carbocycles. The van der Waals surface area contributed by atoms with Crippen LogP contribution in [0.25, 0.3) is 0 Å². The smallest absolute Gasteiger partial charge is 0.222 e. The van der Waals surface area contributed by atoms with E-state index in [1.807, 2.05) is 11.8 Å². The molecule has 0 radical (unpaired) electrons. The summed E-state index contributed by atoms with van der Waals surface area (Å²) in [6.45, 7) is 14.0. The Morgan fingerprint density at radius 1 is 1.00 bits per heavy atom. The van der Waals surface area contributed by atoms with Crippen LogP contribution >= 0.6 is 24.8 Å². The van der Waals surface area contributed by atoms with Crippen molar-refractivity contribution < 1.29 is 4.79 Å². The number of amides is 1. The third-order valence-electron chi connectivity index (χ3n) is 4.61. The summed E-state index contributed by atoms with van der Waals surface area (Å²) < 4.78 is 0. The molecule has 6 heteroatoms. The van der Waals surface area contributed by atoms with E-state index in [-0.39, 0.29) is 42.8 Å². The first kappa shape index (κ1) is 27.4. The Hall–Kier alpha value is -0.810. The molecule has 0 spiro atoms. The molecule has 26 heavy (non-hydrogen) atoms. The van der Waals surface area contributed by atoms with Gasteiger partial charge < -0.3 is 10.6 Å². The lowest BCUT2D eigenvalue weighted by molar-refractivity contribution is -0.135. The van der Waals surface area contributed by atoms with Gasteiger partial charge in [0.25, 0.3) is 0 Å². The molecule has 1 aromatic rings. The molecule has 1 rings (SSSR count). The lowest BCUT2D eigenvalue weighted by atomic mass is 10.0. The van der Waals surface area contributed by atoms with E-state index >= 15 is 0 Å². The highest BCUT2D eigenvalue weighted by Gasteiger charge is 2.24. The largest absolute Gasteiger partial charge is 0.336 e. The van der Waals surface area contributed by atoms with E-state index in [9.17, 15) is 4.79 Å². The van der Waals surface area contributed by atoms with Gasteiger partial charge in [-0.1, -0.05) is 45.0 Å². The number of rotatable bonds is 10. The first-order valence-corrected chi connectivity index (χ1v) is 9.28. The van der Waals surface area contributed by atoms with Gasteiger partial charge in [0.05, 0.1) is 0 Å². The summed E-state index contributed by atoms with van der Waals surface area (Å²) in [6, 6.07) is 8.98. The molecule has 0 bridgehead atoms. The molecule has 1 aromatic carbocycles. The van der Waals surface area contributed by atoms with Crippen LogP contribution in [0.3, 0.4) is 0 Å². The monoisotopic (exact) mass is 405 g/mol. The molecular weight excluding hydrogens is 369 g/mol. The zero-order valence-corrected chi connectivity index (χ0v) is 18.5. The Balaban J connectivity index is 0. The average molecular weight is 406 g/mol. The highest BCUT2D eigenvalue weighted by atomic mass is 35.5. The van der Waals surface area contributed by atoms with Gasteiger partial charge in [-0.05, 0) is 44.5 Å². The number of benzene rings is 1. The van der Waals surface area contributed by atoms with E-state index in [0.717, 1.165) is 26.1 Å². The minimum absolute atomic E-state index is 0. The molecule has 0 aliphatic carbocycles. The second-order valence-corrected chi connectivity index (χ2v) is 6.62. The number of carbonyl (C=O) groups excluding carboxylic acids is 1. The third-order valence-corrected chi connectivity index (χ3v) is 4.61. The van der Waals surface area contributed by atoms with Crippen LogP contribution in [0.4, 0.5) is 0 Å². The van der Waals surface area contributed by atoms with Crippen LogP contribution in [0, 0.1) is 0 Å². The predicted molar refractivity (Wildman–Crippen MR) is 116 cm³/mol. The standard InChI is InChI=1S/C20H35N3O.2ClH/c1-6-20(24)23(16(4)5)19(14-21)13-17-9-11-18(12-10-17)15-22(7-2)8-3;;/h9-12,16,19H,6-8,13-15,21H2,1-5H3;2*1H. The van der Waals surface area contributed by atoms with E-state index in [2.05, 4.69) is 56.9 Å². The molecular formula is C20H37Cl2N3O. The number of hydrogen-bond donors (Lipinski definition) is 1. The van der Waals surface area contributed by atoms with Crippen LogP contribution in [0.15, 0.2) is 24.3 Å². The topological polar surface area (TPSA) is 49.6 Å². The molecule has 2 N–H and O–H groups in total. The fourth-order valence-corrected chi connectivity index (χ4v) is 3.15. The summed E-state index contributed by atoms with van der Waals surface area (Å²) in [5, 5.41) is 0. The van der Waals surface area contributed by atoms with E-state index in [4.69, 9.17) is 5.73 Å². The van der Waals surface area contributed by atoms with Crippen LogP contribution in [-0.4, -0.2) is 47.4 Å². The van der Waals surface area contributed by atoms with Gasteiger partial charge in [0.15, 0.2) is 0 Å². The molecule has 0 heterocycles. The van der Waals surface area contributed by atoms with E-state index < -0.39 is 0 Å². The van der Waals surface area contributed by atoms with Crippen LogP contribution in [0.5, 0.6) is 0 Å². The Labute approximate surface area is 172 Å². The minimum atomic E-state index is 0. The normalized spacial score (nSPS) is 11.7. The third kappa shape index (κ3) is 8.26. The highest BCUT2D eigenvalue weighted by Crippen LogP contribution is 2.15. The minimum Gasteiger partial charge on any atom is -0.336 e. The fraction of sp³-hybridized carbons (Fsp3) is 0.650. The van der Waals surface area contributed by atoms with Gasteiger partial charge in [-0.2, -0.15) is 0 Å². The van der Waals surface area contributed by atoms with Gasteiger partial charge in [0.1, 0.15) is 0 Å². The number of halogens is 2. The summed E-state index contributed by atoms with van der Waals surface area (Å²) in [7, 11) is 0. The second kappa shape index (κ2) is 14.3. The van der Waals surface area contributed by atoms with E-state index in [1.54, 1.807) is 0 Å². The molecule has 1 amide bonds. The Kier molecular flexibility index (Phi) is 15.0. The van der Waals surface area contributed by atoms with Gasteiger partial charge in [0.2, 0.25) is 5.91 Å². The van der Waals surface area contributed by atoms with E-state index in [1.165, 1.54) is 11.1 Å². The predicted octanol–water partition coefficient (Wildman–Crippen LogP) is 3.89. The van der Waals surface area contributed by atoms with Crippen LogP contribution < -0.4 is 5.73 Å². The summed E-state index contributed by atoms with van der Waals surface area (Å²) in [5.74, 6) is 0.179. The lowest BCUT2D eigenvalue weighted by Gasteiger charge is -2.34. The summed E-state index contributed by atoms with van der Waals surface area (Å²) >= 11 is 0. The number of nitrogens with two attached hydrogens (primary N) is 1. The average Bonchev–Trinajstić information content (AvgIpc) is 2.59. The zero-order valence-electron chi connectivity index (χ0n) is 16.9. The maximum atomic E-state index is 12.3. The van der Waals surface area contributed by atoms with Crippen molar-refractivity contribution in [3.8, 4) is 0 Å². The van der Waals surface area contributed by atoms with Gasteiger partial charge in [-0.3, -0.25) is 9.69 Å². The number of hydrogen-bond acceptors (Lipinski definition) is 3. The zero-order chi connectivity index (χ0) is 18.1. The molecule has 0 aliphatic heterocycles. The van der Waals surface area contributed by atoms with E-state index in [0.29, 0.717) is 13.0 Å². The Morgan fingerprint density at radius 3 is 1.88 bits per heavy atom. The van der Waals surface area contributed by atoms with Crippen molar-refractivity contribution in [2.24, 2.45) is 5.73 Å². The molecule has 0 aliphatic rings. The van der Waals surface area contributed by atoms with Crippen molar-refractivity contribution in [3.05, 3.63) is 35.4 Å². The maximum Gasteiger partial charge on any atom is 0.222 e. The Morgan fingerprint density at radius 2 is 1.50 bits per heavy atom. The summed E-state index contributed by atoms with van der Waals surface area (Å²) in [5.41, 5.74) is 8.55. The lowest BCUT2D eigenvalue weighted by Crippen LogP contribution is -2.49. The molecule has 4 nitrogen and oxygen atoms in total. The van der Waals surface area contributed by atoms with Crippen molar-refractivity contribution in [1.29, 1.82) is 0 Å². The quantitative estimate of drug-likeness (QED) is 0.641. The molecule has 1 atom stereocenters. The van der Waals surface area contributed by atoms with Gasteiger partial charge in [-0.15, -0.1) is 24.8 Å². The molecule has 0 fully saturated rings. The fourth-order valence-electron chi connectivity index (χ4n) is 3.15. The Bertz CT molecular complexity index is 490. The van der Waals surface area contributed by atoms with Crippen molar-refractivity contribution in [1.82, 2.24) is 9.80 Å². The van der Waals surface area contributed by atoms with Gasteiger partial charge in [0, 0.05) is 31.6 Å². The highest BCUT2D eigenvalue weighted by molar-refractivity contribution is 5.85. The number of nitrogens with zero attached hydrogens (tertiary/aromatic N) is 2. The maximum absolute atomic E-state index is 12.3. The van der Waals surface area contributed by atoms with Crippen molar-refractivity contribution >= 4 is 30.7 Å². The first-order chi connectivity index (χ1) is 11.5.